The van der Waals surface area contributed by atoms with Gasteiger partial charge >= 0.3 is 0 Å². The van der Waals surface area contributed by atoms with Crippen molar-refractivity contribution < 1.29 is 4.39 Å². The third-order valence-electron chi connectivity index (χ3n) is 5.15. The maximum Gasteiger partial charge on any atom is 0.133 e. The van der Waals surface area contributed by atoms with Crippen LogP contribution in [-0.2, 0) is 6.54 Å². The molecule has 1 saturated heterocycles. The summed E-state index contributed by atoms with van der Waals surface area (Å²) in [6.45, 7) is 4.09. The number of aryl methyl sites for hydroxylation is 1. The van der Waals surface area contributed by atoms with E-state index >= 15 is 0 Å². The first-order valence-electron chi connectivity index (χ1n) is 8.91. The number of anilines is 1. The van der Waals surface area contributed by atoms with Crippen LogP contribution in [-0.4, -0.2) is 52.2 Å². The summed E-state index contributed by atoms with van der Waals surface area (Å²) in [6.07, 6.45) is 4.07. The molecule has 134 valence electrons. The van der Waals surface area contributed by atoms with Gasteiger partial charge < -0.3 is 4.90 Å². The van der Waals surface area contributed by atoms with Crippen molar-refractivity contribution in [3.63, 3.8) is 0 Å². The summed E-state index contributed by atoms with van der Waals surface area (Å²) < 4.78 is 14.1. The van der Waals surface area contributed by atoms with E-state index in [2.05, 4.69) is 19.8 Å². The molecule has 2 atom stereocenters. The Morgan fingerprint density at radius 3 is 2.92 bits per heavy atom. The Hall–Kier alpha value is -1.60. The highest BCUT2D eigenvalue weighted by Crippen LogP contribution is 2.38. The summed E-state index contributed by atoms with van der Waals surface area (Å²) in [5.74, 6) is 2.44. The average Bonchev–Trinajstić information content (AvgIpc) is 3.30. The van der Waals surface area contributed by atoms with Gasteiger partial charge in [0.25, 0.3) is 0 Å². The molecule has 3 heterocycles. The molecule has 25 heavy (non-hydrogen) atoms. The van der Waals surface area contributed by atoms with E-state index in [1.807, 2.05) is 31.7 Å². The number of hydrogen-bond acceptors (Lipinski definition) is 6. The quantitative estimate of drug-likeness (QED) is 0.791. The lowest BCUT2D eigenvalue weighted by atomic mass is 10.2. The molecule has 1 aliphatic heterocycles. The molecule has 0 N–H and O–H groups in total. The first-order valence-corrected chi connectivity index (χ1v) is 9.79. The lowest BCUT2D eigenvalue weighted by Crippen LogP contribution is -2.38. The van der Waals surface area contributed by atoms with Gasteiger partial charge in [0.05, 0.1) is 11.2 Å². The Balaban J connectivity index is 1.44. The second-order valence-electron chi connectivity index (χ2n) is 7.21. The van der Waals surface area contributed by atoms with E-state index in [1.165, 1.54) is 17.7 Å². The number of nitrogens with zero attached hydrogens (tertiary/aromatic N) is 5. The van der Waals surface area contributed by atoms with E-state index in [0.717, 1.165) is 30.4 Å². The Morgan fingerprint density at radius 2 is 2.20 bits per heavy atom. The van der Waals surface area contributed by atoms with Gasteiger partial charge in [0.1, 0.15) is 17.8 Å². The highest BCUT2D eigenvalue weighted by molar-refractivity contribution is 7.09. The van der Waals surface area contributed by atoms with Crippen molar-refractivity contribution in [2.75, 3.05) is 25.0 Å². The molecule has 2 fully saturated rings. The Kier molecular flexibility index (Phi) is 4.69. The van der Waals surface area contributed by atoms with Crippen molar-refractivity contribution in [3.8, 4) is 0 Å². The molecule has 0 aromatic carbocycles. The number of alkyl halides is 1. The predicted molar refractivity (Wildman–Crippen MR) is 97.8 cm³/mol. The van der Waals surface area contributed by atoms with Crippen molar-refractivity contribution in [1.82, 2.24) is 19.9 Å². The molecule has 7 heteroatoms. The van der Waals surface area contributed by atoms with E-state index in [9.17, 15) is 4.39 Å². The fourth-order valence-electron chi connectivity index (χ4n) is 3.49. The molecular weight excluding hydrogens is 337 g/mol. The molecule has 0 amide bonds. The SMILES string of the molecule is Cc1ncsc1CN1C[C@@H](F)C[C@H]1CN(C)c1ccnc(C2CC2)n1. The molecule has 1 saturated carbocycles. The summed E-state index contributed by atoms with van der Waals surface area (Å²) in [6, 6.07) is 2.15. The van der Waals surface area contributed by atoms with Crippen LogP contribution in [0.25, 0.3) is 0 Å². The first kappa shape index (κ1) is 16.8. The molecular formula is C18H24FN5S. The molecule has 2 aromatic heterocycles. The van der Waals surface area contributed by atoms with Gasteiger partial charge in [0, 0.05) is 49.7 Å². The molecule has 0 bridgehead atoms. The smallest absolute Gasteiger partial charge is 0.133 e. The number of thiazole rings is 1. The summed E-state index contributed by atoms with van der Waals surface area (Å²) in [4.78, 5) is 19.0. The first-order chi connectivity index (χ1) is 12.1. The van der Waals surface area contributed by atoms with Crippen molar-refractivity contribution in [3.05, 3.63) is 34.2 Å². The Bertz CT molecular complexity index is 732. The van der Waals surface area contributed by atoms with Crippen molar-refractivity contribution in [2.24, 2.45) is 0 Å². The third kappa shape index (κ3) is 3.82. The molecule has 0 unspecified atom stereocenters. The zero-order valence-electron chi connectivity index (χ0n) is 14.7. The highest BCUT2D eigenvalue weighted by Gasteiger charge is 2.34. The normalized spacial score (nSPS) is 24.0. The van der Waals surface area contributed by atoms with Crippen molar-refractivity contribution >= 4 is 17.2 Å². The molecule has 5 nitrogen and oxygen atoms in total. The monoisotopic (exact) mass is 361 g/mol. The Labute approximate surface area is 151 Å². The minimum Gasteiger partial charge on any atom is -0.358 e. The fraction of sp³-hybridized carbons (Fsp3) is 0.611. The maximum absolute atomic E-state index is 14.1. The van der Waals surface area contributed by atoms with Gasteiger partial charge in [-0.15, -0.1) is 11.3 Å². The lowest BCUT2D eigenvalue weighted by Gasteiger charge is -2.28. The summed E-state index contributed by atoms with van der Waals surface area (Å²) in [5.41, 5.74) is 2.93. The number of halogens is 1. The minimum atomic E-state index is -0.751. The van der Waals surface area contributed by atoms with E-state index in [0.29, 0.717) is 18.9 Å². The third-order valence-corrected chi connectivity index (χ3v) is 6.07. The van der Waals surface area contributed by atoms with Crippen LogP contribution in [0.3, 0.4) is 0 Å². The number of rotatable bonds is 6. The molecule has 0 spiro atoms. The van der Waals surface area contributed by atoms with E-state index < -0.39 is 6.17 Å². The largest absolute Gasteiger partial charge is 0.358 e. The molecule has 4 rings (SSSR count). The van der Waals surface area contributed by atoms with Crippen LogP contribution < -0.4 is 4.90 Å². The van der Waals surface area contributed by atoms with Crippen LogP contribution in [0.2, 0.25) is 0 Å². The van der Waals surface area contributed by atoms with Gasteiger partial charge in [-0.1, -0.05) is 0 Å². The van der Waals surface area contributed by atoms with Gasteiger partial charge in [-0.3, -0.25) is 4.90 Å². The Morgan fingerprint density at radius 1 is 1.36 bits per heavy atom. The van der Waals surface area contributed by atoms with E-state index in [-0.39, 0.29) is 6.04 Å². The second kappa shape index (κ2) is 6.96. The fourth-order valence-corrected chi connectivity index (χ4v) is 4.29. The van der Waals surface area contributed by atoms with Gasteiger partial charge in [-0.25, -0.2) is 19.3 Å². The number of likely N-dealkylation sites (tertiary alicyclic amines) is 1. The predicted octanol–water partition coefficient (Wildman–Crippen LogP) is 3.17. The number of hydrogen-bond donors (Lipinski definition) is 0. The summed E-state index contributed by atoms with van der Waals surface area (Å²) >= 11 is 1.66. The van der Waals surface area contributed by atoms with Crippen LogP contribution in [0.4, 0.5) is 10.2 Å². The second-order valence-corrected chi connectivity index (χ2v) is 8.14. The molecule has 1 aliphatic carbocycles. The van der Waals surface area contributed by atoms with E-state index in [4.69, 9.17) is 4.98 Å². The van der Waals surface area contributed by atoms with E-state index in [1.54, 1.807) is 11.3 Å². The average molecular weight is 361 g/mol. The van der Waals surface area contributed by atoms with Gasteiger partial charge in [-0.05, 0) is 32.3 Å². The summed E-state index contributed by atoms with van der Waals surface area (Å²) in [5, 5.41) is 0. The number of likely N-dealkylation sites (N-methyl/N-ethyl adjacent to an activating group) is 1. The van der Waals surface area contributed by atoms with Gasteiger partial charge in [0.15, 0.2) is 0 Å². The molecule has 0 radical (unpaired) electrons. The van der Waals surface area contributed by atoms with Gasteiger partial charge in [-0.2, -0.15) is 0 Å². The highest BCUT2D eigenvalue weighted by atomic mass is 32.1. The van der Waals surface area contributed by atoms with Crippen LogP contribution >= 0.6 is 11.3 Å². The zero-order valence-corrected chi connectivity index (χ0v) is 15.5. The summed E-state index contributed by atoms with van der Waals surface area (Å²) in [7, 11) is 2.04. The standard InChI is InChI=1S/C18H24FN5S/c1-12-16(25-11-21-12)10-24-8-14(19)7-15(24)9-23(2)17-5-6-20-18(22-17)13-3-4-13/h5-6,11,13-15H,3-4,7-10H2,1-2H3/t14-,15-/m0/s1. The van der Waals surface area contributed by atoms with Crippen LogP contribution in [0.1, 0.15) is 41.6 Å². The topological polar surface area (TPSA) is 45.2 Å². The lowest BCUT2D eigenvalue weighted by molar-refractivity contribution is 0.238. The van der Waals surface area contributed by atoms with Crippen molar-refractivity contribution in [1.29, 1.82) is 0 Å². The minimum absolute atomic E-state index is 0.195. The molecule has 2 aromatic rings. The van der Waals surface area contributed by atoms with Crippen molar-refractivity contribution in [2.45, 2.75) is 50.9 Å². The maximum atomic E-state index is 14.1. The number of aromatic nitrogens is 3. The van der Waals surface area contributed by atoms with Gasteiger partial charge in [0.2, 0.25) is 0 Å². The molecule has 2 aliphatic rings. The zero-order chi connectivity index (χ0) is 17.4. The van der Waals surface area contributed by atoms with Crippen LogP contribution in [0.15, 0.2) is 17.8 Å². The van der Waals surface area contributed by atoms with Crippen LogP contribution in [0, 0.1) is 6.92 Å². The van der Waals surface area contributed by atoms with Crippen LogP contribution in [0.5, 0.6) is 0 Å².